The van der Waals surface area contributed by atoms with Crippen molar-refractivity contribution in [1.29, 1.82) is 5.26 Å². The van der Waals surface area contributed by atoms with E-state index in [0.717, 1.165) is 33.4 Å². The number of piperazine rings is 2. The molecule has 34 heteroatoms. The van der Waals surface area contributed by atoms with Crippen LogP contribution in [0.5, 0.6) is 80.5 Å². The number of fused-ring (bicyclic) bond motifs is 18. The van der Waals surface area contributed by atoms with Crippen molar-refractivity contribution in [3.8, 4) is 86.6 Å². The standard InChI is InChI=1S/C44H46N4O12S.C43H47N3O13S/c1-8-11-55-43(52)60-30-14-23-9-10-46-44(25(23)15-29(30)53-6)18-61-41-33-32(40-39(57-19-58-40)21(3)38(33)59-22(4)49)28(17-56-42(44)51)48-27(16-45)26-13-24-12-20(2)37(54-7)36(50)31(24)34(35(41)48)47(26)5;1-8-11-54-42(51)59-28-14-22-9-10-44-43(24(22)15-27(28)52-6)17-60-39-31-30(38-37(56-18-57-38)20(3)36(31)58-21(4)47)26(16-55-41(43)50)46-33(39)32-29-23(13-25(40(46)49)45(32)5)12-19(2)35(53-7)34(29)48/h8,12,14-15,26-28,34-35,41,46,50H,1,9-11,13,17-19H2,2-7H3;8,12,14-15,25-26,32-33,39-40,44,48-49H,1,9-11,13,16-18H2,2-7H3/t26-,27-,28-,34+,35?,41+,44+;25-,26-,32+,33?,39+,40-,43+/m00/s1. The van der Waals surface area contributed by atoms with E-state index in [9.17, 15) is 49.3 Å². The van der Waals surface area contributed by atoms with Crippen LogP contribution in [0.3, 0.4) is 0 Å². The largest absolute Gasteiger partial charge is 0.514 e. The van der Waals surface area contributed by atoms with Gasteiger partial charge in [-0.3, -0.25) is 39.8 Å². The van der Waals surface area contributed by atoms with E-state index < -0.39 is 112 Å². The third-order valence-electron chi connectivity index (χ3n) is 25.7. The van der Waals surface area contributed by atoms with Gasteiger partial charge in [-0.1, -0.05) is 37.4 Å². The maximum absolute atomic E-state index is 15.0. The average molecular weight is 1700 g/mol. The molecule has 14 heterocycles. The number of carbonyl (C=O) groups is 6. The number of aromatic hydroxyl groups is 2. The Morgan fingerprint density at radius 3 is 1.40 bits per heavy atom. The molecule has 0 radical (unpaired) electrons. The number of methoxy groups -OCH3 is 4. The van der Waals surface area contributed by atoms with Gasteiger partial charge in [0.05, 0.1) is 75.2 Å². The Balaban J connectivity index is 0.000000172. The number of nitriles is 1. The van der Waals surface area contributed by atoms with Gasteiger partial charge in [-0.25, -0.2) is 19.2 Å². The predicted molar refractivity (Wildman–Crippen MR) is 434 cm³/mol. The number of aliphatic hydroxyl groups excluding tert-OH is 1. The zero-order chi connectivity index (χ0) is 85.4. The molecule has 14 aliphatic heterocycles. The van der Waals surface area contributed by atoms with Gasteiger partial charge in [0.2, 0.25) is 13.6 Å². The van der Waals surface area contributed by atoms with Gasteiger partial charge >= 0.3 is 36.2 Å². The van der Waals surface area contributed by atoms with Gasteiger partial charge < -0.3 is 91.1 Å². The Bertz CT molecular complexity index is 5430. The second-order valence-corrected chi connectivity index (χ2v) is 34.1. The molecule has 5 N–H and O–H groups in total. The van der Waals surface area contributed by atoms with Crippen LogP contribution in [0.2, 0.25) is 0 Å². The summed E-state index contributed by atoms with van der Waals surface area (Å²) in [6.07, 6.45) is 1.77. The highest BCUT2D eigenvalue weighted by Crippen LogP contribution is 2.68. The zero-order valence-electron chi connectivity index (χ0n) is 68.7. The highest BCUT2D eigenvalue weighted by molar-refractivity contribution is 7.99. The first-order valence-electron chi connectivity index (χ1n) is 39.8. The third kappa shape index (κ3) is 12.9. The zero-order valence-corrected chi connectivity index (χ0v) is 70.4. The number of carbonyl (C=O) groups excluding carboxylic acids is 6. The third-order valence-corrected chi connectivity index (χ3v) is 28.6. The molecule has 6 aromatic rings. The van der Waals surface area contributed by atoms with E-state index in [4.69, 9.17) is 75.8 Å². The summed E-state index contributed by atoms with van der Waals surface area (Å²) >= 11 is 2.88. The van der Waals surface area contributed by atoms with Crippen LogP contribution in [-0.4, -0.2) is 215 Å². The molecule has 4 saturated heterocycles. The number of hydrogen-bond acceptors (Lipinski definition) is 34. The lowest BCUT2D eigenvalue weighted by atomic mass is 9.71. The van der Waals surface area contributed by atoms with Crippen LogP contribution in [0, 0.1) is 39.0 Å². The molecule has 121 heavy (non-hydrogen) atoms. The maximum atomic E-state index is 15.0. The number of phenolic OH excluding ortho intramolecular Hbond substituents is 2. The van der Waals surface area contributed by atoms with Crippen molar-refractivity contribution >= 4 is 59.7 Å². The summed E-state index contributed by atoms with van der Waals surface area (Å²) in [5.74, 6) is 1.67. The minimum absolute atomic E-state index is 0.0173. The number of benzene rings is 6. The van der Waals surface area contributed by atoms with E-state index >= 15 is 0 Å². The number of aliphatic hydroxyl groups is 1. The van der Waals surface area contributed by atoms with Crippen LogP contribution in [0.15, 0.2) is 61.7 Å². The Hall–Kier alpha value is -10.9. The van der Waals surface area contributed by atoms with Gasteiger partial charge in [0, 0.05) is 101 Å². The molecular formula is C87H93N7O25S2. The van der Waals surface area contributed by atoms with E-state index in [1.807, 2.05) is 58.8 Å². The van der Waals surface area contributed by atoms with E-state index in [1.165, 1.54) is 78.0 Å². The molecule has 2 spiro atoms. The molecule has 638 valence electrons. The number of rotatable bonds is 12. The van der Waals surface area contributed by atoms with Gasteiger partial charge in [-0.05, 0) is 136 Å². The molecule has 32 nitrogen and oxygen atoms in total. The highest BCUT2D eigenvalue weighted by atomic mass is 32.2. The lowest BCUT2D eigenvalue weighted by Gasteiger charge is -2.62. The molecule has 8 bridgehead atoms. The van der Waals surface area contributed by atoms with Crippen LogP contribution in [0.1, 0.15) is 138 Å². The van der Waals surface area contributed by atoms with Crippen molar-refractivity contribution in [2.24, 2.45) is 0 Å². The van der Waals surface area contributed by atoms with E-state index in [0.29, 0.717) is 140 Å². The summed E-state index contributed by atoms with van der Waals surface area (Å²) < 4.78 is 93.9. The predicted octanol–water partition coefficient (Wildman–Crippen LogP) is 9.39. The minimum Gasteiger partial charge on any atom is -0.504 e. The molecule has 0 aromatic heterocycles. The van der Waals surface area contributed by atoms with E-state index in [2.05, 4.69) is 44.6 Å². The second-order valence-electron chi connectivity index (χ2n) is 31.9. The number of aryl methyl sites for hydroxylation is 2. The van der Waals surface area contributed by atoms with Crippen molar-refractivity contribution in [2.75, 3.05) is 107 Å². The lowest BCUT2D eigenvalue weighted by molar-refractivity contribution is -0.186. The maximum Gasteiger partial charge on any atom is 0.514 e. The molecule has 0 aliphatic carbocycles. The number of nitrogens with one attached hydrogen (secondary N) is 2. The molecule has 14 aliphatic rings. The summed E-state index contributed by atoms with van der Waals surface area (Å²) in [6.45, 7) is 17.2. The Kier molecular flexibility index (Phi) is 21.7. The Labute approximate surface area is 705 Å². The van der Waals surface area contributed by atoms with Crippen LogP contribution < -0.4 is 67.5 Å². The Morgan fingerprint density at radius 1 is 0.554 bits per heavy atom. The van der Waals surface area contributed by atoms with Crippen molar-refractivity contribution in [3.05, 3.63) is 151 Å². The number of thioether (sulfide) groups is 2. The smallest absolute Gasteiger partial charge is 0.504 e. The lowest BCUT2D eigenvalue weighted by Crippen LogP contribution is -2.70. The fourth-order valence-electron chi connectivity index (χ4n) is 20.8. The number of likely N-dealkylation sites (N-methyl/N-ethyl adjacent to an activating group) is 2. The van der Waals surface area contributed by atoms with Crippen molar-refractivity contribution in [3.63, 3.8) is 0 Å². The van der Waals surface area contributed by atoms with E-state index in [-0.39, 0.29) is 92.1 Å². The molecule has 6 aromatic carbocycles. The summed E-state index contributed by atoms with van der Waals surface area (Å²) in [6, 6.07) is 8.09. The number of esters is 4. The first-order valence-corrected chi connectivity index (χ1v) is 41.9. The summed E-state index contributed by atoms with van der Waals surface area (Å²) in [4.78, 5) is 89.4. The minimum atomic E-state index is -1.45. The molecule has 0 amide bonds. The van der Waals surface area contributed by atoms with Crippen LogP contribution in [-0.2, 0) is 74.9 Å². The molecular weight excluding hydrogens is 1610 g/mol. The first kappa shape index (κ1) is 82.4. The van der Waals surface area contributed by atoms with Gasteiger partial charge in [-0.2, -0.15) is 5.26 Å². The van der Waals surface area contributed by atoms with Gasteiger partial charge in [0.1, 0.15) is 50.2 Å². The molecule has 0 saturated carbocycles. The number of nitrogens with zero attached hydrogens (tertiary/aromatic N) is 5. The molecule has 14 atom stereocenters. The number of hydrogen-bond donors (Lipinski definition) is 5. The summed E-state index contributed by atoms with van der Waals surface area (Å²) in [5.41, 5.74) is 8.05. The van der Waals surface area contributed by atoms with Gasteiger partial charge in [0.25, 0.3) is 0 Å². The number of phenols is 2. The van der Waals surface area contributed by atoms with Crippen LogP contribution in [0.25, 0.3) is 0 Å². The summed E-state index contributed by atoms with van der Waals surface area (Å²) in [7, 11) is 9.84. The Morgan fingerprint density at radius 2 is 0.975 bits per heavy atom. The monoisotopic (exact) mass is 1700 g/mol. The molecule has 2 unspecified atom stereocenters. The number of ether oxygens (including phenoxy) is 16. The highest BCUT2D eigenvalue weighted by Gasteiger charge is 2.65. The average Bonchev–Trinajstić information content (AvgIpc) is 1.50. The fourth-order valence-corrected chi connectivity index (χ4v) is 24.2. The van der Waals surface area contributed by atoms with Crippen molar-refractivity contribution in [2.45, 2.75) is 149 Å². The second kappa shape index (κ2) is 31.9. The molecule has 20 rings (SSSR count). The van der Waals surface area contributed by atoms with Crippen LogP contribution in [0.4, 0.5) is 9.59 Å². The van der Waals surface area contributed by atoms with Crippen molar-refractivity contribution < 1.29 is 120 Å². The SMILES string of the molecule is C=CCOC(=O)Oc1cc2c(cc1OC)[C@@]1(CS[C@@H]3c4c(OC(C)=O)c(C)c5c(c4[C@H](COC1=O)N1C3[C@H]3c4c(cc(C)c(OC)c4O)C[C@@H]([C@@H]1C#N)N3C)OCO5)NCC2.C=CCOC(=O)Oc1cc2c(cc1OC)[C@@]1(CS[C@@H]3c4c(OC(C)=O)c(C)c5c(c4[C@H](COC1=O)N1C3[C@H]3c4c(cc(C)c(OC)c4O)C[C@@H]([C@@H]1O)N3C)OCO5)NCC2. The summed E-state index contributed by atoms with van der Waals surface area (Å²) in [5, 5.41) is 53.8. The first-order chi connectivity index (χ1) is 58.2. The quantitative estimate of drug-likeness (QED) is 0.0250. The van der Waals surface area contributed by atoms with Gasteiger partial charge in [-0.15, -0.1) is 23.5 Å². The topological polar surface area (TPSA) is 372 Å². The fraction of sp³-hybridized carbons (Fsp3) is 0.460. The molecule has 4 fully saturated rings. The normalized spacial score (nSPS) is 27.2. The van der Waals surface area contributed by atoms with Gasteiger partial charge in [0.15, 0.2) is 80.1 Å². The van der Waals surface area contributed by atoms with Crippen LogP contribution >= 0.6 is 23.5 Å². The van der Waals surface area contributed by atoms with Crippen molar-refractivity contribution in [1.82, 2.24) is 30.2 Å². The van der Waals surface area contributed by atoms with E-state index in [1.54, 1.807) is 24.3 Å².